The first-order valence-electron chi connectivity index (χ1n) is 10.3. The molecule has 1 aliphatic heterocycles. The number of anilines is 2. The number of carbonyl (C=O) groups is 1. The van der Waals surface area contributed by atoms with Gasteiger partial charge in [0.1, 0.15) is 11.5 Å². The average Bonchev–Trinajstić information content (AvgIpc) is 3.33. The Hall–Kier alpha value is -3.21. The number of imidazole rings is 1. The zero-order valence-corrected chi connectivity index (χ0v) is 17.8. The highest BCUT2D eigenvalue weighted by molar-refractivity contribution is 6.02. The lowest BCUT2D eigenvalue weighted by atomic mass is 10.1. The van der Waals surface area contributed by atoms with Crippen molar-refractivity contribution in [2.24, 2.45) is 5.92 Å². The van der Waals surface area contributed by atoms with Gasteiger partial charge in [-0.15, -0.1) is 0 Å². The van der Waals surface area contributed by atoms with Gasteiger partial charge >= 0.3 is 0 Å². The highest BCUT2D eigenvalue weighted by Crippen LogP contribution is 2.23. The fraction of sp³-hybridized carbons (Fsp3) is 0.429. The molecule has 1 aliphatic rings. The number of amides is 1. The maximum Gasteiger partial charge on any atom is 0.275 e. The van der Waals surface area contributed by atoms with Crippen molar-refractivity contribution in [2.75, 3.05) is 43.4 Å². The Labute approximate surface area is 183 Å². The van der Waals surface area contributed by atoms with Gasteiger partial charge in [-0.1, -0.05) is 0 Å². The molecular weight excluding hydrogens is 423 g/mol. The van der Waals surface area contributed by atoms with Crippen molar-refractivity contribution in [1.82, 2.24) is 24.3 Å². The molecule has 0 radical (unpaired) electrons. The Bertz CT molecular complexity index is 1100. The summed E-state index contributed by atoms with van der Waals surface area (Å²) in [6, 6.07) is 1.21. The summed E-state index contributed by atoms with van der Waals surface area (Å²) >= 11 is 0. The van der Waals surface area contributed by atoms with E-state index < -0.39 is 18.1 Å². The standard InChI is InChI=1S/C21H24F3N7O/c1-13-8-31-11-15(5-16(22)20(31)27-13)28-21(32)17-6-26-19(7-25-17)30-4-3-14(10-30)9-29(2)12-18(23)24/h5-8,11,14,18H,3-4,9-10,12H2,1-2H3,(H,28,32)/t14-/m0/s1. The maximum atomic E-state index is 14.2. The SMILES string of the molecule is Cc1cn2cc(NC(=O)c3cnc(N4CC[C@@H](CN(C)CC(F)F)C4)cn3)cc(F)c2n1. The van der Waals surface area contributed by atoms with Crippen molar-refractivity contribution in [3.63, 3.8) is 0 Å². The van der Waals surface area contributed by atoms with E-state index in [4.69, 9.17) is 0 Å². The number of halogens is 3. The van der Waals surface area contributed by atoms with E-state index in [2.05, 4.69) is 20.3 Å². The molecule has 1 atom stereocenters. The molecule has 1 amide bonds. The summed E-state index contributed by atoms with van der Waals surface area (Å²) in [4.78, 5) is 28.8. The molecule has 0 aliphatic carbocycles. The molecule has 0 spiro atoms. The molecule has 4 rings (SSSR count). The molecule has 3 aromatic heterocycles. The van der Waals surface area contributed by atoms with Gasteiger partial charge in [0.2, 0.25) is 0 Å². The molecule has 3 aromatic rings. The van der Waals surface area contributed by atoms with Crippen molar-refractivity contribution in [3.8, 4) is 0 Å². The molecule has 4 heterocycles. The van der Waals surface area contributed by atoms with Crippen LogP contribution in [0.25, 0.3) is 5.65 Å². The van der Waals surface area contributed by atoms with Crippen LogP contribution in [0.2, 0.25) is 0 Å². The summed E-state index contributed by atoms with van der Waals surface area (Å²) in [6.07, 6.45) is 4.66. The highest BCUT2D eigenvalue weighted by Gasteiger charge is 2.25. The summed E-state index contributed by atoms with van der Waals surface area (Å²) in [7, 11) is 1.69. The van der Waals surface area contributed by atoms with Gasteiger partial charge in [0.15, 0.2) is 11.5 Å². The van der Waals surface area contributed by atoms with Gasteiger partial charge in [0.25, 0.3) is 12.3 Å². The number of aromatic nitrogens is 4. The quantitative estimate of drug-likeness (QED) is 0.600. The van der Waals surface area contributed by atoms with Gasteiger partial charge in [0.05, 0.1) is 30.3 Å². The fourth-order valence-corrected chi connectivity index (χ4v) is 3.99. The number of pyridine rings is 1. The van der Waals surface area contributed by atoms with Crippen LogP contribution in [-0.2, 0) is 0 Å². The summed E-state index contributed by atoms with van der Waals surface area (Å²) in [5.74, 6) is -0.158. The summed E-state index contributed by atoms with van der Waals surface area (Å²) in [5.41, 5.74) is 1.23. The summed E-state index contributed by atoms with van der Waals surface area (Å²) < 4.78 is 40.7. The third-order valence-electron chi connectivity index (χ3n) is 5.38. The molecule has 170 valence electrons. The van der Waals surface area contributed by atoms with E-state index in [0.717, 1.165) is 13.0 Å². The number of aryl methyl sites for hydroxylation is 1. The van der Waals surface area contributed by atoms with Gasteiger partial charge in [-0.25, -0.2) is 28.1 Å². The van der Waals surface area contributed by atoms with Crippen molar-refractivity contribution < 1.29 is 18.0 Å². The van der Waals surface area contributed by atoms with Crippen LogP contribution >= 0.6 is 0 Å². The van der Waals surface area contributed by atoms with Gasteiger partial charge in [0, 0.05) is 38.1 Å². The van der Waals surface area contributed by atoms with Crippen LogP contribution in [0.1, 0.15) is 22.6 Å². The second kappa shape index (κ2) is 9.11. The van der Waals surface area contributed by atoms with Crippen LogP contribution in [0.15, 0.2) is 30.9 Å². The van der Waals surface area contributed by atoms with Gasteiger partial charge in [-0.05, 0) is 26.3 Å². The number of carbonyl (C=O) groups excluding carboxylic acids is 1. The topological polar surface area (TPSA) is 78.7 Å². The molecule has 32 heavy (non-hydrogen) atoms. The van der Waals surface area contributed by atoms with Gasteiger partial charge in [-0.3, -0.25) is 4.79 Å². The van der Waals surface area contributed by atoms with Gasteiger partial charge in [-0.2, -0.15) is 0 Å². The van der Waals surface area contributed by atoms with E-state index in [1.165, 1.54) is 22.9 Å². The summed E-state index contributed by atoms with van der Waals surface area (Å²) in [6.45, 7) is 3.55. The second-order valence-electron chi connectivity index (χ2n) is 8.12. The van der Waals surface area contributed by atoms with E-state index in [9.17, 15) is 18.0 Å². The van der Waals surface area contributed by atoms with E-state index in [-0.39, 0.29) is 29.5 Å². The van der Waals surface area contributed by atoms with E-state index in [0.29, 0.717) is 24.6 Å². The molecule has 1 N–H and O–H groups in total. The minimum atomic E-state index is -2.34. The smallest absolute Gasteiger partial charge is 0.275 e. The number of nitrogens with zero attached hydrogens (tertiary/aromatic N) is 6. The van der Waals surface area contributed by atoms with Crippen molar-refractivity contribution in [3.05, 3.63) is 48.1 Å². The molecule has 0 bridgehead atoms. The van der Waals surface area contributed by atoms with Crippen LogP contribution in [-0.4, -0.2) is 69.8 Å². The van der Waals surface area contributed by atoms with E-state index in [1.807, 2.05) is 4.90 Å². The van der Waals surface area contributed by atoms with Crippen molar-refractivity contribution >= 4 is 23.1 Å². The Kier molecular flexibility index (Phi) is 6.26. The van der Waals surface area contributed by atoms with Crippen molar-refractivity contribution in [2.45, 2.75) is 19.8 Å². The Balaban J connectivity index is 1.37. The largest absolute Gasteiger partial charge is 0.355 e. The number of hydrogen-bond donors (Lipinski definition) is 1. The van der Waals surface area contributed by atoms with E-state index in [1.54, 1.807) is 31.3 Å². The van der Waals surface area contributed by atoms with Crippen molar-refractivity contribution in [1.29, 1.82) is 0 Å². The number of rotatable bonds is 7. The maximum absolute atomic E-state index is 14.2. The Morgan fingerprint density at radius 2 is 2.12 bits per heavy atom. The Morgan fingerprint density at radius 1 is 1.31 bits per heavy atom. The highest BCUT2D eigenvalue weighted by atomic mass is 19.3. The number of hydrogen-bond acceptors (Lipinski definition) is 6. The molecule has 8 nitrogen and oxygen atoms in total. The molecule has 1 fully saturated rings. The third-order valence-corrected chi connectivity index (χ3v) is 5.38. The molecule has 0 aromatic carbocycles. The number of alkyl halides is 2. The Morgan fingerprint density at radius 3 is 2.84 bits per heavy atom. The van der Waals surface area contributed by atoms with Crippen LogP contribution in [0.5, 0.6) is 0 Å². The lowest BCUT2D eigenvalue weighted by Gasteiger charge is -2.21. The predicted molar refractivity (Wildman–Crippen MR) is 114 cm³/mol. The minimum Gasteiger partial charge on any atom is -0.355 e. The number of fused-ring (bicyclic) bond motifs is 1. The zero-order chi connectivity index (χ0) is 22.8. The normalized spacial score (nSPS) is 16.5. The van der Waals surface area contributed by atoms with E-state index >= 15 is 0 Å². The molecule has 0 saturated carbocycles. The first kappa shape index (κ1) is 22.0. The van der Waals surface area contributed by atoms with Crippen LogP contribution in [0.4, 0.5) is 24.7 Å². The summed E-state index contributed by atoms with van der Waals surface area (Å²) in [5, 5.41) is 2.62. The third kappa shape index (κ3) is 4.98. The monoisotopic (exact) mass is 447 g/mol. The molecule has 11 heteroatoms. The minimum absolute atomic E-state index is 0.100. The van der Waals surface area contributed by atoms with Crippen LogP contribution in [0, 0.1) is 18.7 Å². The number of nitrogens with one attached hydrogen (secondary N) is 1. The fourth-order valence-electron chi connectivity index (χ4n) is 3.99. The lowest BCUT2D eigenvalue weighted by molar-refractivity contribution is 0.0945. The predicted octanol–water partition coefficient (Wildman–Crippen LogP) is 2.85. The zero-order valence-electron chi connectivity index (χ0n) is 17.8. The average molecular weight is 447 g/mol. The molecular formula is C21H24F3N7O. The molecule has 0 unspecified atom stereocenters. The first-order valence-corrected chi connectivity index (χ1v) is 10.3. The molecule has 1 saturated heterocycles. The van der Waals surface area contributed by atoms with Gasteiger partial charge < -0.3 is 19.5 Å². The van der Waals surface area contributed by atoms with Crippen LogP contribution in [0.3, 0.4) is 0 Å². The van der Waals surface area contributed by atoms with Crippen LogP contribution < -0.4 is 10.2 Å². The first-order chi connectivity index (χ1) is 15.3. The second-order valence-corrected chi connectivity index (χ2v) is 8.12. The lowest BCUT2D eigenvalue weighted by Crippen LogP contribution is -2.31.